The minimum atomic E-state index is -0.0267. The summed E-state index contributed by atoms with van der Waals surface area (Å²) in [5.74, 6) is 0.618. The van der Waals surface area contributed by atoms with E-state index in [1.54, 1.807) is 4.57 Å². The molecule has 0 fully saturated rings. The molecule has 1 amide bonds. The van der Waals surface area contributed by atoms with Crippen LogP contribution in [0.3, 0.4) is 0 Å². The predicted molar refractivity (Wildman–Crippen MR) is 113 cm³/mol. The summed E-state index contributed by atoms with van der Waals surface area (Å²) in [6.45, 7) is 8.98. The van der Waals surface area contributed by atoms with Gasteiger partial charge in [0.25, 0.3) is 5.56 Å². The van der Waals surface area contributed by atoms with Crippen LogP contribution in [-0.4, -0.2) is 27.3 Å². The standard InChI is InChI=1S/C21H31N3O2S/c1-5-6-7-10-13-24-20(26)17-11-8-9-12-18(17)23-21(24)27-14-19(25)22-16(4)15(2)3/h8-9,11-12,15-16H,5-7,10,13-14H2,1-4H3,(H,22,25). The van der Waals surface area contributed by atoms with Crippen LogP contribution in [0.2, 0.25) is 0 Å². The first-order chi connectivity index (χ1) is 12.9. The molecule has 6 heteroatoms. The van der Waals surface area contributed by atoms with E-state index >= 15 is 0 Å². The molecule has 0 aliphatic rings. The lowest BCUT2D eigenvalue weighted by Crippen LogP contribution is -2.37. The lowest BCUT2D eigenvalue weighted by atomic mass is 10.1. The number of unbranched alkanes of at least 4 members (excludes halogenated alkanes) is 3. The van der Waals surface area contributed by atoms with Gasteiger partial charge < -0.3 is 5.32 Å². The molecule has 27 heavy (non-hydrogen) atoms. The van der Waals surface area contributed by atoms with Crippen molar-refractivity contribution >= 4 is 28.6 Å². The minimum absolute atomic E-state index is 0.0180. The number of fused-ring (bicyclic) bond motifs is 1. The van der Waals surface area contributed by atoms with Gasteiger partial charge >= 0.3 is 0 Å². The van der Waals surface area contributed by atoms with Gasteiger partial charge in [0.2, 0.25) is 5.91 Å². The van der Waals surface area contributed by atoms with Gasteiger partial charge in [-0.05, 0) is 31.4 Å². The van der Waals surface area contributed by atoms with E-state index in [0.29, 0.717) is 28.5 Å². The van der Waals surface area contributed by atoms with Crippen molar-refractivity contribution in [1.29, 1.82) is 0 Å². The van der Waals surface area contributed by atoms with E-state index in [1.807, 2.05) is 31.2 Å². The van der Waals surface area contributed by atoms with Crippen LogP contribution in [-0.2, 0) is 11.3 Å². The van der Waals surface area contributed by atoms with Crippen LogP contribution in [0, 0.1) is 5.92 Å². The third-order valence-corrected chi connectivity index (χ3v) is 5.76. The number of hydrogen-bond donors (Lipinski definition) is 1. The molecule has 1 aromatic heterocycles. The van der Waals surface area contributed by atoms with Crippen molar-refractivity contribution < 1.29 is 4.79 Å². The number of nitrogens with one attached hydrogen (secondary N) is 1. The first-order valence-electron chi connectivity index (χ1n) is 9.85. The number of carbonyl (C=O) groups excluding carboxylic acids is 1. The lowest BCUT2D eigenvalue weighted by Gasteiger charge is -2.17. The molecule has 1 heterocycles. The summed E-state index contributed by atoms with van der Waals surface area (Å²) in [6.07, 6.45) is 4.35. The van der Waals surface area contributed by atoms with Crippen molar-refractivity contribution in [2.24, 2.45) is 5.92 Å². The molecule has 148 valence electrons. The van der Waals surface area contributed by atoms with Crippen LogP contribution >= 0.6 is 11.8 Å². The average Bonchev–Trinajstić information content (AvgIpc) is 2.65. The fourth-order valence-corrected chi connectivity index (χ4v) is 3.58. The van der Waals surface area contributed by atoms with Gasteiger partial charge in [0.15, 0.2) is 5.16 Å². The molecular formula is C21H31N3O2S. The second-order valence-corrected chi connectivity index (χ2v) is 8.26. The Balaban J connectivity index is 2.19. The molecule has 1 atom stereocenters. The summed E-state index contributed by atoms with van der Waals surface area (Å²) in [5.41, 5.74) is 0.668. The molecule has 0 bridgehead atoms. The Morgan fingerprint density at radius 1 is 1.19 bits per heavy atom. The number of hydrogen-bond acceptors (Lipinski definition) is 4. The monoisotopic (exact) mass is 389 g/mol. The summed E-state index contributed by atoms with van der Waals surface area (Å²) in [4.78, 5) is 29.8. The Kier molecular flexibility index (Phi) is 8.35. The van der Waals surface area contributed by atoms with E-state index in [1.165, 1.54) is 11.8 Å². The summed E-state index contributed by atoms with van der Waals surface area (Å²) in [5, 5.41) is 4.27. The molecule has 0 spiro atoms. The Hall–Kier alpha value is -1.82. The number of amides is 1. The molecule has 0 radical (unpaired) electrons. The van der Waals surface area contributed by atoms with Crippen LogP contribution < -0.4 is 10.9 Å². The molecule has 0 aliphatic heterocycles. The van der Waals surface area contributed by atoms with E-state index in [0.717, 1.165) is 25.7 Å². The van der Waals surface area contributed by atoms with Crippen LogP contribution in [0.1, 0.15) is 53.4 Å². The van der Waals surface area contributed by atoms with E-state index in [-0.39, 0.29) is 23.3 Å². The fraction of sp³-hybridized carbons (Fsp3) is 0.571. The van der Waals surface area contributed by atoms with Gasteiger partial charge in [-0.3, -0.25) is 14.2 Å². The normalized spacial score (nSPS) is 12.5. The van der Waals surface area contributed by atoms with Crippen LogP contribution in [0.25, 0.3) is 10.9 Å². The van der Waals surface area contributed by atoms with Crippen molar-refractivity contribution in [3.63, 3.8) is 0 Å². The number of thioether (sulfide) groups is 1. The third-order valence-electron chi connectivity index (χ3n) is 4.78. The van der Waals surface area contributed by atoms with Crippen molar-refractivity contribution in [3.05, 3.63) is 34.6 Å². The maximum absolute atomic E-state index is 12.9. The third kappa shape index (κ3) is 6.09. The van der Waals surface area contributed by atoms with E-state index in [9.17, 15) is 9.59 Å². The Morgan fingerprint density at radius 3 is 2.63 bits per heavy atom. The first-order valence-corrected chi connectivity index (χ1v) is 10.8. The number of rotatable bonds is 10. The SMILES string of the molecule is CCCCCCn1c(SCC(=O)NC(C)C(C)C)nc2ccccc2c1=O. The van der Waals surface area contributed by atoms with Crippen LogP contribution in [0.4, 0.5) is 0 Å². The highest BCUT2D eigenvalue weighted by Gasteiger charge is 2.15. The van der Waals surface area contributed by atoms with Crippen LogP contribution in [0.15, 0.2) is 34.2 Å². The summed E-state index contributed by atoms with van der Waals surface area (Å²) < 4.78 is 1.74. The maximum Gasteiger partial charge on any atom is 0.262 e. The number of carbonyl (C=O) groups is 1. The zero-order valence-corrected chi connectivity index (χ0v) is 17.6. The lowest BCUT2D eigenvalue weighted by molar-refractivity contribution is -0.119. The van der Waals surface area contributed by atoms with E-state index in [2.05, 4.69) is 31.1 Å². The molecule has 2 rings (SSSR count). The molecule has 2 aromatic rings. The maximum atomic E-state index is 12.9. The molecule has 5 nitrogen and oxygen atoms in total. The Morgan fingerprint density at radius 2 is 1.93 bits per heavy atom. The second-order valence-electron chi connectivity index (χ2n) is 7.32. The largest absolute Gasteiger partial charge is 0.353 e. The van der Waals surface area contributed by atoms with Gasteiger partial charge in [0.1, 0.15) is 0 Å². The van der Waals surface area contributed by atoms with Gasteiger partial charge in [-0.15, -0.1) is 0 Å². The fourth-order valence-electron chi connectivity index (χ4n) is 2.74. The highest BCUT2D eigenvalue weighted by molar-refractivity contribution is 7.99. The number of benzene rings is 1. The molecule has 1 N–H and O–H groups in total. The highest BCUT2D eigenvalue weighted by atomic mass is 32.2. The van der Waals surface area contributed by atoms with Crippen molar-refractivity contribution in [2.45, 2.75) is 71.1 Å². The van der Waals surface area contributed by atoms with Gasteiger partial charge in [0, 0.05) is 12.6 Å². The van der Waals surface area contributed by atoms with Gasteiger partial charge in [-0.1, -0.05) is 63.9 Å². The van der Waals surface area contributed by atoms with Crippen molar-refractivity contribution in [3.8, 4) is 0 Å². The topological polar surface area (TPSA) is 64.0 Å². The van der Waals surface area contributed by atoms with Gasteiger partial charge in [-0.25, -0.2) is 4.98 Å². The molecular weight excluding hydrogens is 358 g/mol. The Bertz CT molecular complexity index is 817. The smallest absolute Gasteiger partial charge is 0.262 e. The van der Waals surface area contributed by atoms with Gasteiger partial charge in [0.05, 0.1) is 16.7 Å². The molecule has 0 saturated heterocycles. The summed E-state index contributed by atoms with van der Waals surface area (Å²) in [7, 11) is 0. The Labute approximate surface area is 166 Å². The van der Waals surface area contributed by atoms with E-state index in [4.69, 9.17) is 0 Å². The van der Waals surface area contributed by atoms with Gasteiger partial charge in [-0.2, -0.15) is 0 Å². The highest BCUT2D eigenvalue weighted by Crippen LogP contribution is 2.18. The molecule has 0 aliphatic carbocycles. The summed E-state index contributed by atoms with van der Waals surface area (Å²) >= 11 is 1.34. The minimum Gasteiger partial charge on any atom is -0.353 e. The van der Waals surface area contributed by atoms with Crippen molar-refractivity contribution in [2.75, 3.05) is 5.75 Å². The first kappa shape index (κ1) is 21.5. The van der Waals surface area contributed by atoms with Crippen LogP contribution in [0.5, 0.6) is 0 Å². The number of para-hydroxylation sites is 1. The van der Waals surface area contributed by atoms with Crippen molar-refractivity contribution in [1.82, 2.24) is 14.9 Å². The average molecular weight is 390 g/mol. The molecule has 1 aromatic carbocycles. The number of nitrogens with zero attached hydrogens (tertiary/aromatic N) is 2. The zero-order chi connectivity index (χ0) is 19.8. The zero-order valence-electron chi connectivity index (χ0n) is 16.8. The molecule has 0 saturated carbocycles. The molecule has 1 unspecified atom stereocenters. The summed E-state index contributed by atoms with van der Waals surface area (Å²) in [6, 6.07) is 7.53. The predicted octanol–water partition coefficient (Wildman–Crippen LogP) is 4.23. The second kappa shape index (κ2) is 10.5. The number of aromatic nitrogens is 2. The quantitative estimate of drug-likeness (QED) is 0.375. The van der Waals surface area contributed by atoms with E-state index < -0.39 is 0 Å².